The first-order valence-corrected chi connectivity index (χ1v) is 11.0. The molecule has 4 rings (SSSR count). The number of nitrogens with zero attached hydrogens (tertiary/aromatic N) is 1. The Labute approximate surface area is 166 Å². The molecule has 1 aliphatic rings. The fourth-order valence-electron chi connectivity index (χ4n) is 3.18. The number of hydrogen-bond donors (Lipinski definition) is 1. The molecule has 144 valence electrons. The Balaban J connectivity index is 1.55. The van der Waals surface area contributed by atoms with Crippen LogP contribution in [0.15, 0.2) is 64.9 Å². The topological polar surface area (TPSA) is 66.5 Å². The first kappa shape index (κ1) is 18.6. The Kier molecular flexibility index (Phi) is 4.91. The van der Waals surface area contributed by atoms with Crippen LogP contribution in [0.25, 0.3) is 0 Å². The second kappa shape index (κ2) is 7.37. The zero-order chi connectivity index (χ0) is 19.7. The van der Waals surface area contributed by atoms with Crippen LogP contribution >= 0.6 is 11.3 Å². The largest absolute Gasteiger partial charge is 0.333 e. The minimum Gasteiger partial charge on any atom is -0.333 e. The van der Waals surface area contributed by atoms with E-state index in [0.29, 0.717) is 23.7 Å². The molecule has 2 aromatic carbocycles. The van der Waals surface area contributed by atoms with Gasteiger partial charge in [-0.15, -0.1) is 11.3 Å². The first-order valence-electron chi connectivity index (χ1n) is 8.65. The van der Waals surface area contributed by atoms with Gasteiger partial charge in [0.05, 0.1) is 9.77 Å². The zero-order valence-corrected chi connectivity index (χ0v) is 16.4. The van der Waals surface area contributed by atoms with Gasteiger partial charge in [-0.25, -0.2) is 12.8 Å². The summed E-state index contributed by atoms with van der Waals surface area (Å²) in [4.78, 5) is 15.0. The quantitative estimate of drug-likeness (QED) is 0.702. The standard InChI is InChI=1S/C20H17FN2O3S2/c21-16-4-7-18(8-5-16)28(25,26)22-17-6-3-14-9-10-23(13-15(14)12-17)20(24)19-2-1-11-27-19/h1-8,11-12,22H,9-10,13H2. The number of rotatable bonds is 4. The molecule has 28 heavy (non-hydrogen) atoms. The number of halogens is 1. The van der Waals surface area contributed by atoms with E-state index in [0.717, 1.165) is 29.7 Å². The molecule has 1 aliphatic heterocycles. The lowest BCUT2D eigenvalue weighted by atomic mass is 9.99. The van der Waals surface area contributed by atoms with Crippen LogP contribution in [-0.4, -0.2) is 25.8 Å². The number of anilines is 1. The molecular formula is C20H17FN2O3S2. The molecule has 1 aromatic heterocycles. The summed E-state index contributed by atoms with van der Waals surface area (Å²) in [5.41, 5.74) is 2.42. The van der Waals surface area contributed by atoms with Crippen LogP contribution in [0.1, 0.15) is 20.8 Å². The van der Waals surface area contributed by atoms with Gasteiger partial charge in [-0.3, -0.25) is 9.52 Å². The molecule has 0 spiro atoms. The normalized spacial score (nSPS) is 13.8. The van der Waals surface area contributed by atoms with Crippen molar-refractivity contribution in [2.45, 2.75) is 17.9 Å². The maximum absolute atomic E-state index is 13.0. The van der Waals surface area contributed by atoms with Crippen molar-refractivity contribution in [3.8, 4) is 0 Å². The van der Waals surface area contributed by atoms with Gasteiger partial charge in [0, 0.05) is 18.8 Å². The number of nitrogens with one attached hydrogen (secondary N) is 1. The highest BCUT2D eigenvalue weighted by Gasteiger charge is 2.23. The third-order valence-corrected chi connectivity index (χ3v) is 6.87. The molecule has 3 aromatic rings. The van der Waals surface area contributed by atoms with E-state index in [9.17, 15) is 17.6 Å². The molecule has 5 nitrogen and oxygen atoms in total. The van der Waals surface area contributed by atoms with Crippen molar-refractivity contribution in [2.75, 3.05) is 11.3 Å². The Morgan fingerprint density at radius 1 is 1.07 bits per heavy atom. The lowest BCUT2D eigenvalue weighted by Crippen LogP contribution is -2.35. The predicted octanol–water partition coefficient (Wildman–Crippen LogP) is 3.89. The minimum absolute atomic E-state index is 0.0129. The van der Waals surface area contributed by atoms with Gasteiger partial charge in [0.2, 0.25) is 0 Å². The summed E-state index contributed by atoms with van der Waals surface area (Å²) in [5.74, 6) is -0.513. The summed E-state index contributed by atoms with van der Waals surface area (Å²) in [5, 5.41) is 1.87. The summed E-state index contributed by atoms with van der Waals surface area (Å²) >= 11 is 1.41. The highest BCUT2D eigenvalue weighted by atomic mass is 32.2. The Morgan fingerprint density at radius 2 is 1.86 bits per heavy atom. The SMILES string of the molecule is O=C(c1cccs1)N1CCc2ccc(NS(=O)(=O)c3ccc(F)cc3)cc2C1. The lowest BCUT2D eigenvalue weighted by Gasteiger charge is -2.29. The van der Waals surface area contributed by atoms with Crippen LogP contribution < -0.4 is 4.72 Å². The number of hydrogen-bond acceptors (Lipinski definition) is 4. The van der Waals surface area contributed by atoms with E-state index in [-0.39, 0.29) is 10.8 Å². The van der Waals surface area contributed by atoms with E-state index in [1.165, 1.54) is 23.5 Å². The van der Waals surface area contributed by atoms with Gasteiger partial charge in [0.1, 0.15) is 5.82 Å². The van der Waals surface area contributed by atoms with Gasteiger partial charge in [0.15, 0.2) is 0 Å². The summed E-state index contributed by atoms with van der Waals surface area (Å²) in [7, 11) is -3.82. The van der Waals surface area contributed by atoms with Gasteiger partial charge >= 0.3 is 0 Å². The predicted molar refractivity (Wildman–Crippen MR) is 106 cm³/mol. The maximum Gasteiger partial charge on any atom is 0.264 e. The van der Waals surface area contributed by atoms with E-state index >= 15 is 0 Å². The maximum atomic E-state index is 13.0. The molecule has 0 bridgehead atoms. The molecule has 0 fully saturated rings. The van der Waals surface area contributed by atoms with Crippen molar-refractivity contribution in [2.24, 2.45) is 0 Å². The van der Waals surface area contributed by atoms with Crippen molar-refractivity contribution in [1.29, 1.82) is 0 Å². The van der Waals surface area contributed by atoms with Gasteiger partial charge in [-0.05, 0) is 65.4 Å². The highest BCUT2D eigenvalue weighted by Crippen LogP contribution is 2.26. The number of sulfonamides is 1. The van der Waals surface area contributed by atoms with Crippen molar-refractivity contribution in [1.82, 2.24) is 4.90 Å². The molecule has 0 atom stereocenters. The minimum atomic E-state index is -3.82. The first-order chi connectivity index (χ1) is 13.4. The second-order valence-corrected chi connectivity index (χ2v) is 9.13. The van der Waals surface area contributed by atoms with E-state index in [4.69, 9.17) is 0 Å². The van der Waals surface area contributed by atoms with E-state index < -0.39 is 15.8 Å². The number of fused-ring (bicyclic) bond motifs is 1. The number of thiophene rings is 1. The summed E-state index contributed by atoms with van der Waals surface area (Å²) in [6.07, 6.45) is 0.720. The van der Waals surface area contributed by atoms with E-state index in [2.05, 4.69) is 4.72 Å². The summed E-state index contributed by atoms with van der Waals surface area (Å²) < 4.78 is 40.6. The molecule has 1 N–H and O–H groups in total. The number of amides is 1. The molecular weight excluding hydrogens is 399 g/mol. The smallest absolute Gasteiger partial charge is 0.264 e. The zero-order valence-electron chi connectivity index (χ0n) is 14.8. The van der Waals surface area contributed by atoms with Gasteiger partial charge in [-0.2, -0.15) is 0 Å². The Bertz CT molecular complexity index is 1110. The Hall–Kier alpha value is -2.71. The third kappa shape index (κ3) is 3.79. The molecule has 0 radical (unpaired) electrons. The Morgan fingerprint density at radius 3 is 2.57 bits per heavy atom. The highest BCUT2D eigenvalue weighted by molar-refractivity contribution is 7.92. The molecule has 0 saturated heterocycles. The van der Waals surface area contributed by atoms with Crippen LogP contribution in [0.4, 0.5) is 10.1 Å². The van der Waals surface area contributed by atoms with E-state index in [1.54, 1.807) is 23.1 Å². The fourth-order valence-corrected chi connectivity index (χ4v) is 4.92. The average molecular weight is 416 g/mol. The summed E-state index contributed by atoms with van der Waals surface area (Å²) in [6, 6.07) is 13.6. The van der Waals surface area contributed by atoms with Crippen molar-refractivity contribution in [3.05, 3.63) is 81.8 Å². The third-order valence-electron chi connectivity index (χ3n) is 4.61. The number of benzene rings is 2. The molecule has 0 unspecified atom stereocenters. The monoisotopic (exact) mass is 416 g/mol. The second-order valence-electron chi connectivity index (χ2n) is 6.50. The molecule has 8 heteroatoms. The van der Waals surface area contributed by atoms with Crippen molar-refractivity contribution >= 4 is 33.0 Å². The van der Waals surface area contributed by atoms with Gasteiger partial charge in [-0.1, -0.05) is 12.1 Å². The van der Waals surface area contributed by atoms with Crippen molar-refractivity contribution in [3.63, 3.8) is 0 Å². The van der Waals surface area contributed by atoms with Crippen LogP contribution in [0, 0.1) is 5.82 Å². The van der Waals surface area contributed by atoms with Gasteiger partial charge in [0.25, 0.3) is 15.9 Å². The van der Waals surface area contributed by atoms with Crippen LogP contribution in [-0.2, 0) is 23.0 Å². The van der Waals surface area contributed by atoms with Crippen LogP contribution in [0.2, 0.25) is 0 Å². The van der Waals surface area contributed by atoms with Crippen LogP contribution in [0.5, 0.6) is 0 Å². The number of carbonyl (C=O) groups excluding carboxylic acids is 1. The fraction of sp³-hybridized carbons (Fsp3) is 0.150. The van der Waals surface area contributed by atoms with E-state index in [1.807, 2.05) is 17.5 Å². The molecule has 0 aliphatic carbocycles. The summed E-state index contributed by atoms with van der Waals surface area (Å²) in [6.45, 7) is 1.06. The van der Waals surface area contributed by atoms with Crippen molar-refractivity contribution < 1.29 is 17.6 Å². The molecule has 0 saturated carbocycles. The molecule has 1 amide bonds. The molecule has 2 heterocycles. The van der Waals surface area contributed by atoms with Gasteiger partial charge < -0.3 is 4.90 Å². The average Bonchev–Trinajstić information content (AvgIpc) is 3.21. The van der Waals surface area contributed by atoms with Crippen LogP contribution in [0.3, 0.4) is 0 Å². The lowest BCUT2D eigenvalue weighted by molar-refractivity contribution is 0.0739. The number of carbonyl (C=O) groups is 1.